The van der Waals surface area contributed by atoms with E-state index >= 15 is 0 Å². The van der Waals surface area contributed by atoms with Crippen LogP contribution in [-0.2, 0) is 22.7 Å². The smallest absolute Gasteiger partial charge is 0.273 e. The summed E-state index contributed by atoms with van der Waals surface area (Å²) >= 11 is 0. The maximum atomic E-state index is 12.4. The van der Waals surface area contributed by atoms with Crippen LogP contribution in [0.1, 0.15) is 40.2 Å². The SMILES string of the molecule is Cc1c(C(=O)NCC2CCOCC2)noc1COCc1ccc2ccccc2c1. The van der Waals surface area contributed by atoms with Crippen molar-refractivity contribution in [3.05, 3.63) is 65.0 Å². The maximum Gasteiger partial charge on any atom is 0.273 e. The Bertz CT molecular complexity index is 976. The summed E-state index contributed by atoms with van der Waals surface area (Å²) in [4.78, 5) is 12.4. The van der Waals surface area contributed by atoms with Crippen molar-refractivity contribution in [2.45, 2.75) is 33.0 Å². The minimum absolute atomic E-state index is 0.196. The molecule has 0 bridgehead atoms. The molecule has 0 aliphatic carbocycles. The molecule has 152 valence electrons. The van der Waals surface area contributed by atoms with Crippen LogP contribution >= 0.6 is 0 Å². The summed E-state index contributed by atoms with van der Waals surface area (Å²) in [7, 11) is 0. The van der Waals surface area contributed by atoms with Crippen LogP contribution in [0.15, 0.2) is 47.0 Å². The van der Waals surface area contributed by atoms with E-state index in [2.05, 4.69) is 40.8 Å². The number of aromatic nitrogens is 1. The number of rotatable bonds is 7. The average molecular weight is 394 g/mol. The Balaban J connectivity index is 1.30. The largest absolute Gasteiger partial charge is 0.381 e. The van der Waals surface area contributed by atoms with Crippen LogP contribution in [0.4, 0.5) is 0 Å². The Labute approximate surface area is 170 Å². The lowest BCUT2D eigenvalue weighted by Crippen LogP contribution is -2.32. The van der Waals surface area contributed by atoms with E-state index in [0.29, 0.717) is 30.5 Å². The number of benzene rings is 2. The third kappa shape index (κ3) is 4.83. The molecule has 1 aliphatic rings. The van der Waals surface area contributed by atoms with Gasteiger partial charge in [0, 0.05) is 25.3 Å². The third-order valence-corrected chi connectivity index (χ3v) is 5.44. The predicted molar refractivity (Wildman–Crippen MR) is 110 cm³/mol. The Kier molecular flexibility index (Phi) is 6.22. The minimum atomic E-state index is -0.196. The number of fused-ring (bicyclic) bond motifs is 1. The van der Waals surface area contributed by atoms with Crippen molar-refractivity contribution in [1.29, 1.82) is 0 Å². The molecular weight excluding hydrogens is 368 g/mol. The standard InChI is InChI=1S/C23H26N2O4/c1-16-21(15-28-14-18-6-7-19-4-2-3-5-20(19)12-18)29-25-22(16)23(26)24-13-17-8-10-27-11-9-17/h2-7,12,17H,8-11,13-15H2,1H3,(H,24,26). The van der Waals surface area contributed by atoms with Gasteiger partial charge in [0.15, 0.2) is 11.5 Å². The van der Waals surface area contributed by atoms with Crippen molar-refractivity contribution >= 4 is 16.7 Å². The van der Waals surface area contributed by atoms with E-state index in [9.17, 15) is 4.79 Å². The second kappa shape index (κ2) is 9.20. The second-order valence-corrected chi connectivity index (χ2v) is 7.52. The quantitative estimate of drug-likeness (QED) is 0.655. The fraction of sp³-hybridized carbons (Fsp3) is 0.391. The molecule has 4 rings (SSSR count). The van der Waals surface area contributed by atoms with Crippen molar-refractivity contribution in [3.8, 4) is 0 Å². The molecule has 0 radical (unpaired) electrons. The number of ether oxygens (including phenoxy) is 2. The monoisotopic (exact) mass is 394 g/mol. The van der Waals surface area contributed by atoms with Crippen LogP contribution in [-0.4, -0.2) is 30.8 Å². The normalized spacial score (nSPS) is 14.9. The van der Waals surface area contributed by atoms with Crippen LogP contribution < -0.4 is 5.32 Å². The van der Waals surface area contributed by atoms with E-state index in [1.54, 1.807) is 0 Å². The van der Waals surface area contributed by atoms with E-state index < -0.39 is 0 Å². The summed E-state index contributed by atoms with van der Waals surface area (Å²) in [6.45, 7) is 4.76. The lowest BCUT2D eigenvalue weighted by Gasteiger charge is -2.21. The van der Waals surface area contributed by atoms with Gasteiger partial charge < -0.3 is 19.3 Å². The third-order valence-electron chi connectivity index (χ3n) is 5.44. The molecule has 1 aromatic heterocycles. The van der Waals surface area contributed by atoms with Crippen molar-refractivity contribution < 1.29 is 18.8 Å². The maximum absolute atomic E-state index is 12.4. The predicted octanol–water partition coefficient (Wildman–Crippen LogP) is 4.01. The molecule has 1 saturated heterocycles. The van der Waals surface area contributed by atoms with E-state index in [-0.39, 0.29) is 12.5 Å². The fourth-order valence-electron chi connectivity index (χ4n) is 3.58. The number of amides is 1. The molecule has 0 spiro atoms. The summed E-state index contributed by atoms with van der Waals surface area (Å²) in [5, 5.41) is 9.31. The van der Waals surface area contributed by atoms with Gasteiger partial charge in [-0.2, -0.15) is 0 Å². The van der Waals surface area contributed by atoms with Crippen LogP contribution in [0.25, 0.3) is 10.8 Å². The minimum Gasteiger partial charge on any atom is -0.381 e. The molecule has 6 nitrogen and oxygen atoms in total. The summed E-state index contributed by atoms with van der Waals surface area (Å²) in [5.41, 5.74) is 2.16. The van der Waals surface area contributed by atoms with Gasteiger partial charge in [-0.3, -0.25) is 4.79 Å². The van der Waals surface area contributed by atoms with Gasteiger partial charge in [0.2, 0.25) is 0 Å². The highest BCUT2D eigenvalue weighted by atomic mass is 16.5. The van der Waals surface area contributed by atoms with Crippen molar-refractivity contribution in [3.63, 3.8) is 0 Å². The molecule has 0 saturated carbocycles. The molecule has 0 unspecified atom stereocenters. The van der Waals surface area contributed by atoms with Gasteiger partial charge in [-0.1, -0.05) is 41.6 Å². The highest BCUT2D eigenvalue weighted by Gasteiger charge is 2.20. The molecule has 1 amide bonds. The van der Waals surface area contributed by atoms with Gasteiger partial charge in [-0.15, -0.1) is 0 Å². The Morgan fingerprint density at radius 3 is 2.76 bits per heavy atom. The van der Waals surface area contributed by atoms with E-state index in [0.717, 1.165) is 37.2 Å². The zero-order chi connectivity index (χ0) is 20.1. The summed E-state index contributed by atoms with van der Waals surface area (Å²) in [5.74, 6) is 0.852. The van der Waals surface area contributed by atoms with Crippen LogP contribution in [0.2, 0.25) is 0 Å². The summed E-state index contributed by atoms with van der Waals surface area (Å²) in [6.07, 6.45) is 1.96. The lowest BCUT2D eigenvalue weighted by atomic mass is 10.0. The number of carbonyl (C=O) groups is 1. The van der Waals surface area contributed by atoms with Gasteiger partial charge in [-0.05, 0) is 48.1 Å². The first-order chi connectivity index (χ1) is 14.2. The number of nitrogens with zero attached hydrogens (tertiary/aromatic N) is 1. The van der Waals surface area contributed by atoms with Crippen LogP contribution in [0.3, 0.4) is 0 Å². The van der Waals surface area contributed by atoms with E-state index in [1.807, 2.05) is 19.1 Å². The zero-order valence-corrected chi connectivity index (χ0v) is 16.6. The Morgan fingerprint density at radius 2 is 1.93 bits per heavy atom. The molecule has 3 aromatic rings. The van der Waals surface area contributed by atoms with Gasteiger partial charge >= 0.3 is 0 Å². The number of hydrogen-bond donors (Lipinski definition) is 1. The molecular formula is C23H26N2O4. The topological polar surface area (TPSA) is 73.6 Å². The fourth-order valence-corrected chi connectivity index (χ4v) is 3.58. The average Bonchev–Trinajstić information content (AvgIpc) is 3.13. The molecule has 6 heteroatoms. The van der Waals surface area contributed by atoms with Gasteiger partial charge in [-0.25, -0.2) is 0 Å². The van der Waals surface area contributed by atoms with Gasteiger partial charge in [0.25, 0.3) is 5.91 Å². The summed E-state index contributed by atoms with van der Waals surface area (Å²) in [6, 6.07) is 14.5. The molecule has 2 heterocycles. The Morgan fingerprint density at radius 1 is 1.14 bits per heavy atom. The van der Waals surface area contributed by atoms with Crippen molar-refractivity contribution in [1.82, 2.24) is 10.5 Å². The van der Waals surface area contributed by atoms with Gasteiger partial charge in [0.1, 0.15) is 6.61 Å². The van der Waals surface area contributed by atoms with Gasteiger partial charge in [0.05, 0.1) is 6.61 Å². The van der Waals surface area contributed by atoms with E-state index in [1.165, 1.54) is 10.8 Å². The van der Waals surface area contributed by atoms with Crippen molar-refractivity contribution in [2.24, 2.45) is 5.92 Å². The number of nitrogens with one attached hydrogen (secondary N) is 1. The van der Waals surface area contributed by atoms with Crippen LogP contribution in [0.5, 0.6) is 0 Å². The first-order valence-electron chi connectivity index (χ1n) is 10.1. The molecule has 1 fully saturated rings. The number of carbonyl (C=O) groups excluding carboxylic acids is 1. The molecule has 1 N–H and O–H groups in total. The lowest BCUT2D eigenvalue weighted by molar-refractivity contribution is 0.0641. The first kappa shape index (κ1) is 19.6. The molecule has 1 aliphatic heterocycles. The number of hydrogen-bond acceptors (Lipinski definition) is 5. The highest BCUT2D eigenvalue weighted by molar-refractivity contribution is 5.93. The molecule has 2 aromatic carbocycles. The van der Waals surface area contributed by atoms with Crippen LogP contribution in [0, 0.1) is 12.8 Å². The van der Waals surface area contributed by atoms with Crippen molar-refractivity contribution in [2.75, 3.05) is 19.8 Å². The molecule has 0 atom stereocenters. The highest BCUT2D eigenvalue weighted by Crippen LogP contribution is 2.19. The first-order valence-corrected chi connectivity index (χ1v) is 10.1. The Hall–Kier alpha value is -2.70. The van der Waals surface area contributed by atoms with E-state index in [4.69, 9.17) is 14.0 Å². The second-order valence-electron chi connectivity index (χ2n) is 7.52. The molecule has 29 heavy (non-hydrogen) atoms. The zero-order valence-electron chi connectivity index (χ0n) is 16.6. The summed E-state index contributed by atoms with van der Waals surface area (Å²) < 4.78 is 16.5.